The number of nitrogens with zero attached hydrogens (tertiary/aromatic N) is 5. The molecule has 3 unspecified atom stereocenters. The largest absolute Gasteiger partial charge is 0.275 e. The molecule has 136 valence electrons. The van der Waals surface area contributed by atoms with Crippen LogP contribution in [0.3, 0.4) is 0 Å². The van der Waals surface area contributed by atoms with Gasteiger partial charge in [0, 0.05) is 36.1 Å². The number of carbonyl (C=O) groups excluding carboxylic acids is 1. The van der Waals surface area contributed by atoms with Crippen molar-refractivity contribution >= 4 is 11.9 Å². The van der Waals surface area contributed by atoms with E-state index >= 15 is 0 Å². The molecule has 1 saturated heterocycles. The van der Waals surface area contributed by atoms with E-state index in [2.05, 4.69) is 32.1 Å². The fourth-order valence-electron chi connectivity index (χ4n) is 4.21. The fourth-order valence-corrected chi connectivity index (χ4v) is 4.21. The lowest BCUT2D eigenvalue weighted by Crippen LogP contribution is -2.35. The molecule has 0 bridgehead atoms. The summed E-state index contributed by atoms with van der Waals surface area (Å²) in [6.07, 6.45) is 5.42. The van der Waals surface area contributed by atoms with Gasteiger partial charge in [0.15, 0.2) is 5.82 Å². The maximum absolute atomic E-state index is 13.0. The minimum Gasteiger partial charge on any atom is -0.275 e. The lowest BCUT2D eigenvalue weighted by Gasteiger charge is -2.19. The molecule has 3 aromatic heterocycles. The van der Waals surface area contributed by atoms with Crippen molar-refractivity contribution in [3.05, 3.63) is 54.4 Å². The van der Waals surface area contributed by atoms with Crippen LogP contribution >= 0.6 is 0 Å². The highest BCUT2D eigenvalue weighted by Crippen LogP contribution is 2.55. The molecule has 1 N–H and O–H groups in total. The lowest BCUT2D eigenvalue weighted by molar-refractivity contribution is -0.121. The zero-order valence-electron chi connectivity index (χ0n) is 14.6. The Morgan fingerprint density at radius 1 is 1.22 bits per heavy atom. The minimum atomic E-state index is -0.514. The van der Waals surface area contributed by atoms with Crippen molar-refractivity contribution < 1.29 is 9.18 Å². The molecule has 1 aliphatic carbocycles. The first-order valence-electron chi connectivity index (χ1n) is 8.90. The predicted molar refractivity (Wildman–Crippen MR) is 94.9 cm³/mol. The number of anilines is 1. The van der Waals surface area contributed by atoms with Gasteiger partial charge in [0.05, 0.1) is 0 Å². The molecule has 4 atom stereocenters. The predicted octanol–water partition coefficient (Wildman–Crippen LogP) is 2.24. The van der Waals surface area contributed by atoms with E-state index in [9.17, 15) is 9.18 Å². The van der Waals surface area contributed by atoms with Gasteiger partial charge in [-0.15, -0.1) is 5.10 Å². The highest BCUT2D eigenvalue weighted by Gasteiger charge is 2.65. The van der Waals surface area contributed by atoms with Crippen LogP contribution in [0, 0.1) is 23.7 Å². The van der Waals surface area contributed by atoms with Gasteiger partial charge < -0.3 is 0 Å². The van der Waals surface area contributed by atoms with Crippen LogP contribution in [-0.2, 0) is 11.2 Å². The SMILES string of the molecule is C[C@H]1C2C(Cc3ccc(F)nc3)C(=O)N(c3n[nH]c(-c4ccncc4)n3)C21. The van der Waals surface area contributed by atoms with Crippen LogP contribution in [0.5, 0.6) is 0 Å². The quantitative estimate of drug-likeness (QED) is 0.718. The average Bonchev–Trinajstić information content (AvgIpc) is 3.03. The number of aromatic amines is 1. The smallest absolute Gasteiger partial charge is 0.251 e. The number of H-pyrrole nitrogens is 1. The molecular formula is C19H17FN6O. The van der Waals surface area contributed by atoms with Crippen molar-refractivity contribution in [2.24, 2.45) is 17.8 Å². The van der Waals surface area contributed by atoms with Crippen molar-refractivity contribution in [3.8, 4) is 11.4 Å². The number of halogens is 1. The summed E-state index contributed by atoms with van der Waals surface area (Å²) in [4.78, 5) is 27.0. The second-order valence-electron chi connectivity index (χ2n) is 7.15. The number of fused-ring (bicyclic) bond motifs is 1. The van der Waals surface area contributed by atoms with Crippen molar-refractivity contribution in [2.75, 3.05) is 4.90 Å². The maximum atomic E-state index is 13.0. The van der Waals surface area contributed by atoms with E-state index in [0.717, 1.165) is 11.1 Å². The molecule has 2 aliphatic rings. The Morgan fingerprint density at radius 2 is 2.04 bits per heavy atom. The second-order valence-corrected chi connectivity index (χ2v) is 7.15. The Balaban J connectivity index is 1.40. The first kappa shape index (κ1) is 16.0. The molecule has 3 aromatic rings. The number of carbonyl (C=O) groups is 1. The molecule has 7 nitrogen and oxygen atoms in total. The Bertz CT molecular complexity index is 989. The van der Waals surface area contributed by atoms with Gasteiger partial charge in [0.25, 0.3) is 5.95 Å². The van der Waals surface area contributed by atoms with Gasteiger partial charge in [-0.2, -0.15) is 9.37 Å². The number of piperidine rings is 1. The molecule has 2 fully saturated rings. The van der Waals surface area contributed by atoms with Gasteiger partial charge in [-0.05, 0) is 42.0 Å². The van der Waals surface area contributed by atoms with Gasteiger partial charge in [0.2, 0.25) is 11.9 Å². The van der Waals surface area contributed by atoms with E-state index in [0.29, 0.717) is 24.1 Å². The second kappa shape index (κ2) is 5.94. The van der Waals surface area contributed by atoms with Gasteiger partial charge in [-0.25, -0.2) is 4.98 Å². The summed E-state index contributed by atoms with van der Waals surface area (Å²) in [5, 5.41) is 7.19. The van der Waals surface area contributed by atoms with Gasteiger partial charge in [0.1, 0.15) is 0 Å². The van der Waals surface area contributed by atoms with E-state index in [4.69, 9.17) is 0 Å². The summed E-state index contributed by atoms with van der Waals surface area (Å²) in [5.74, 6) is 1.03. The van der Waals surface area contributed by atoms with Crippen LogP contribution in [0.2, 0.25) is 0 Å². The lowest BCUT2D eigenvalue weighted by atomic mass is 9.95. The number of amides is 1. The Hall–Kier alpha value is -3.16. The summed E-state index contributed by atoms with van der Waals surface area (Å²) in [7, 11) is 0. The van der Waals surface area contributed by atoms with Crippen molar-refractivity contribution in [2.45, 2.75) is 19.4 Å². The van der Waals surface area contributed by atoms with Gasteiger partial charge in [-0.3, -0.25) is 19.8 Å². The molecule has 0 radical (unpaired) electrons. The van der Waals surface area contributed by atoms with E-state index in [1.54, 1.807) is 23.4 Å². The molecule has 1 aliphatic heterocycles. The van der Waals surface area contributed by atoms with Crippen LogP contribution in [0.4, 0.5) is 10.3 Å². The number of hydrogen-bond acceptors (Lipinski definition) is 5. The third-order valence-electron chi connectivity index (χ3n) is 5.60. The molecule has 1 amide bonds. The van der Waals surface area contributed by atoms with E-state index < -0.39 is 5.95 Å². The highest BCUT2D eigenvalue weighted by molar-refractivity contribution is 5.99. The van der Waals surface area contributed by atoms with Crippen LogP contribution in [-0.4, -0.2) is 37.1 Å². The van der Waals surface area contributed by atoms with Crippen molar-refractivity contribution in [1.29, 1.82) is 0 Å². The Labute approximate surface area is 154 Å². The molecular weight excluding hydrogens is 347 g/mol. The molecule has 1 saturated carbocycles. The van der Waals surface area contributed by atoms with E-state index in [1.807, 2.05) is 12.1 Å². The average molecular weight is 364 g/mol. The molecule has 0 aromatic carbocycles. The van der Waals surface area contributed by atoms with E-state index in [-0.39, 0.29) is 23.8 Å². The maximum Gasteiger partial charge on any atom is 0.251 e. The van der Waals surface area contributed by atoms with Gasteiger partial charge in [-0.1, -0.05) is 13.0 Å². The third kappa shape index (κ3) is 2.59. The number of rotatable bonds is 4. The summed E-state index contributed by atoms with van der Waals surface area (Å²) in [6, 6.07) is 6.81. The van der Waals surface area contributed by atoms with Crippen molar-refractivity contribution in [3.63, 3.8) is 0 Å². The number of hydrogen-bond donors (Lipinski definition) is 1. The first-order valence-corrected chi connectivity index (χ1v) is 8.90. The fraction of sp³-hybridized carbons (Fsp3) is 0.316. The minimum absolute atomic E-state index is 0.0210. The molecule has 5 rings (SSSR count). The first-order chi connectivity index (χ1) is 13.1. The summed E-state index contributed by atoms with van der Waals surface area (Å²) in [5.41, 5.74) is 1.73. The van der Waals surface area contributed by atoms with Crippen LogP contribution in [0.1, 0.15) is 12.5 Å². The van der Waals surface area contributed by atoms with Gasteiger partial charge >= 0.3 is 0 Å². The normalized spacial score (nSPS) is 26.3. The number of pyridine rings is 2. The molecule has 27 heavy (non-hydrogen) atoms. The summed E-state index contributed by atoms with van der Waals surface area (Å²) in [6.45, 7) is 2.14. The van der Waals surface area contributed by atoms with Crippen LogP contribution < -0.4 is 4.90 Å². The molecule has 8 heteroatoms. The molecule has 0 spiro atoms. The van der Waals surface area contributed by atoms with Crippen LogP contribution in [0.25, 0.3) is 11.4 Å². The number of nitrogens with one attached hydrogen (secondary N) is 1. The number of aromatic nitrogens is 5. The Morgan fingerprint density at radius 3 is 2.78 bits per heavy atom. The topological polar surface area (TPSA) is 87.7 Å². The third-order valence-corrected chi connectivity index (χ3v) is 5.60. The standard InChI is InChI=1S/C19H17FN6O/c1-10-15-13(8-11-2-3-14(20)22-9-11)18(27)26(16(10)15)19-23-17(24-25-19)12-4-6-21-7-5-12/h2-7,9-10,13,15-16H,8H2,1H3,(H,23,24,25)/t10-,13?,15?,16?/m0/s1. The zero-order chi connectivity index (χ0) is 18.5. The summed E-state index contributed by atoms with van der Waals surface area (Å²) >= 11 is 0. The zero-order valence-corrected chi connectivity index (χ0v) is 14.6. The summed E-state index contributed by atoms with van der Waals surface area (Å²) < 4.78 is 13.0. The highest BCUT2D eigenvalue weighted by atomic mass is 19.1. The Kier molecular flexibility index (Phi) is 3.53. The van der Waals surface area contributed by atoms with Crippen molar-refractivity contribution in [1.82, 2.24) is 25.1 Å². The van der Waals surface area contributed by atoms with Crippen LogP contribution in [0.15, 0.2) is 42.9 Å². The monoisotopic (exact) mass is 364 g/mol. The van der Waals surface area contributed by atoms with E-state index in [1.165, 1.54) is 12.3 Å². The molecule has 4 heterocycles.